The molecule has 0 fully saturated rings. The average Bonchev–Trinajstić information content (AvgIpc) is 3.55. The highest BCUT2D eigenvalue weighted by Gasteiger charge is 2.22. The van der Waals surface area contributed by atoms with Gasteiger partial charge in [-0.15, -0.1) is 0 Å². The summed E-state index contributed by atoms with van der Waals surface area (Å²) in [6.45, 7) is 0. The minimum absolute atomic E-state index is 0.601. The van der Waals surface area contributed by atoms with Gasteiger partial charge in [0.1, 0.15) is 11.2 Å². The summed E-state index contributed by atoms with van der Waals surface area (Å²) in [4.78, 5) is 15.6. The van der Waals surface area contributed by atoms with E-state index in [0.717, 1.165) is 71.3 Å². The monoisotopic (exact) mass is 625 g/mol. The van der Waals surface area contributed by atoms with E-state index in [-0.39, 0.29) is 0 Å². The Kier molecular flexibility index (Phi) is 6.15. The zero-order valence-electron chi connectivity index (χ0n) is 26.3. The van der Waals surface area contributed by atoms with Crippen LogP contribution >= 0.6 is 0 Å². The van der Waals surface area contributed by atoms with E-state index >= 15 is 0 Å². The predicted molar refractivity (Wildman–Crippen MR) is 201 cm³/mol. The Labute approximate surface area is 282 Å². The molecule has 0 saturated carbocycles. The van der Waals surface area contributed by atoms with Gasteiger partial charge in [-0.25, -0.2) is 15.0 Å². The molecule has 2 aromatic heterocycles. The molecule has 0 N–H and O–H groups in total. The zero-order valence-corrected chi connectivity index (χ0v) is 26.3. The van der Waals surface area contributed by atoms with Gasteiger partial charge in [0.05, 0.1) is 0 Å². The molecule has 0 spiro atoms. The van der Waals surface area contributed by atoms with Crippen LogP contribution in [0.3, 0.4) is 0 Å². The van der Waals surface area contributed by atoms with Crippen LogP contribution in [0.15, 0.2) is 168 Å². The van der Waals surface area contributed by atoms with E-state index < -0.39 is 0 Å². The first-order valence-electron chi connectivity index (χ1n) is 16.5. The molecule has 4 nitrogen and oxygen atoms in total. The summed E-state index contributed by atoms with van der Waals surface area (Å²) < 4.78 is 6.77. The summed E-state index contributed by atoms with van der Waals surface area (Å²) in [5, 5.41) is 8.93. The average molecular weight is 626 g/mol. The Morgan fingerprint density at radius 2 is 0.939 bits per heavy atom. The van der Waals surface area contributed by atoms with Crippen LogP contribution in [-0.2, 0) is 0 Å². The van der Waals surface area contributed by atoms with Crippen molar-refractivity contribution in [2.45, 2.75) is 0 Å². The Morgan fingerprint density at radius 3 is 1.69 bits per heavy atom. The number of hydrogen-bond acceptors (Lipinski definition) is 4. The second-order valence-corrected chi connectivity index (χ2v) is 12.4. The van der Waals surface area contributed by atoms with Gasteiger partial charge in [-0.2, -0.15) is 0 Å². The molecule has 4 heteroatoms. The highest BCUT2D eigenvalue weighted by Crippen LogP contribution is 2.44. The lowest BCUT2D eigenvalue weighted by Crippen LogP contribution is -2.01. The highest BCUT2D eigenvalue weighted by molar-refractivity contribution is 6.21. The van der Waals surface area contributed by atoms with Crippen molar-refractivity contribution in [3.8, 4) is 45.3 Å². The molecule has 49 heavy (non-hydrogen) atoms. The first-order valence-corrected chi connectivity index (χ1v) is 16.5. The first-order chi connectivity index (χ1) is 24.3. The summed E-state index contributed by atoms with van der Waals surface area (Å²) in [7, 11) is 0. The van der Waals surface area contributed by atoms with Crippen LogP contribution in [0.2, 0.25) is 0 Å². The van der Waals surface area contributed by atoms with Crippen molar-refractivity contribution in [2.24, 2.45) is 0 Å². The largest absolute Gasteiger partial charge is 0.455 e. The number of nitrogens with zero attached hydrogens (tertiary/aromatic N) is 3. The molecular formula is C45H27N3O. The van der Waals surface area contributed by atoms with Gasteiger partial charge in [0.25, 0.3) is 0 Å². The normalized spacial score (nSPS) is 11.7. The fourth-order valence-electron chi connectivity index (χ4n) is 7.27. The number of furan rings is 1. The number of rotatable bonds is 4. The lowest BCUT2D eigenvalue weighted by atomic mass is 9.94. The summed E-state index contributed by atoms with van der Waals surface area (Å²) in [5.74, 6) is 1.85. The summed E-state index contributed by atoms with van der Waals surface area (Å²) in [5.41, 5.74) is 6.64. The number of fused-ring (bicyclic) bond motifs is 7. The summed E-state index contributed by atoms with van der Waals surface area (Å²) in [6.07, 6.45) is 0. The molecular weight excluding hydrogens is 599 g/mol. The maximum atomic E-state index is 6.77. The lowest BCUT2D eigenvalue weighted by molar-refractivity contribution is 0.670. The Bertz CT molecular complexity index is 2880. The van der Waals surface area contributed by atoms with E-state index in [0.29, 0.717) is 17.5 Å². The van der Waals surface area contributed by atoms with Crippen molar-refractivity contribution < 1.29 is 4.42 Å². The molecule has 8 aromatic carbocycles. The lowest BCUT2D eigenvalue weighted by Gasteiger charge is -2.13. The topological polar surface area (TPSA) is 51.8 Å². The molecule has 228 valence electrons. The quantitative estimate of drug-likeness (QED) is 0.183. The first kappa shape index (κ1) is 27.5. The van der Waals surface area contributed by atoms with Crippen molar-refractivity contribution in [3.63, 3.8) is 0 Å². The van der Waals surface area contributed by atoms with Crippen LogP contribution in [0, 0.1) is 0 Å². The number of hydrogen-bond donors (Lipinski definition) is 0. The van der Waals surface area contributed by atoms with E-state index in [1.54, 1.807) is 0 Å². The fourth-order valence-corrected chi connectivity index (χ4v) is 7.27. The van der Waals surface area contributed by atoms with E-state index in [2.05, 4.69) is 115 Å². The number of benzene rings is 8. The smallest absolute Gasteiger partial charge is 0.164 e. The molecule has 0 amide bonds. The van der Waals surface area contributed by atoms with Crippen molar-refractivity contribution in [3.05, 3.63) is 164 Å². The van der Waals surface area contributed by atoms with Crippen LogP contribution in [0.25, 0.3) is 99.5 Å². The third-order valence-electron chi connectivity index (χ3n) is 9.49. The van der Waals surface area contributed by atoms with Crippen molar-refractivity contribution in [1.29, 1.82) is 0 Å². The van der Waals surface area contributed by atoms with Crippen LogP contribution in [0.1, 0.15) is 0 Å². The van der Waals surface area contributed by atoms with Crippen LogP contribution < -0.4 is 0 Å². The maximum Gasteiger partial charge on any atom is 0.164 e. The molecule has 0 aliphatic heterocycles. The minimum Gasteiger partial charge on any atom is -0.455 e. The van der Waals surface area contributed by atoms with Crippen LogP contribution in [0.5, 0.6) is 0 Å². The fraction of sp³-hybridized carbons (Fsp3) is 0. The molecule has 0 radical (unpaired) electrons. The van der Waals surface area contributed by atoms with E-state index in [9.17, 15) is 0 Å². The standard InChI is InChI=1S/C45H27N3O/c1-3-14-28(15-4-1)40-33-21-10-8-19-31(33)27-38-41-36(24-13-25-39(41)49-42(38)40)44-46-43(29-16-5-2-6-17-29)47-45(48-44)37-26-30-18-7-9-20-32(30)34-22-11-12-23-35(34)37/h1-27H. The Morgan fingerprint density at radius 1 is 0.367 bits per heavy atom. The number of aromatic nitrogens is 3. The molecule has 0 bridgehead atoms. The molecule has 0 atom stereocenters. The zero-order chi connectivity index (χ0) is 32.3. The molecule has 2 heterocycles. The predicted octanol–water partition coefficient (Wildman–Crippen LogP) is 11.9. The third-order valence-corrected chi connectivity index (χ3v) is 9.49. The minimum atomic E-state index is 0.601. The van der Waals surface area contributed by atoms with Gasteiger partial charge in [0, 0.05) is 33.0 Å². The summed E-state index contributed by atoms with van der Waals surface area (Å²) in [6, 6.07) is 56.7. The van der Waals surface area contributed by atoms with Gasteiger partial charge >= 0.3 is 0 Å². The van der Waals surface area contributed by atoms with Crippen LogP contribution in [-0.4, -0.2) is 15.0 Å². The molecule has 0 aliphatic carbocycles. The molecule has 10 aromatic rings. The Balaban J connectivity index is 1.29. The highest BCUT2D eigenvalue weighted by atomic mass is 16.3. The summed E-state index contributed by atoms with van der Waals surface area (Å²) >= 11 is 0. The van der Waals surface area contributed by atoms with Gasteiger partial charge in [-0.05, 0) is 56.1 Å². The van der Waals surface area contributed by atoms with E-state index in [1.165, 1.54) is 10.8 Å². The van der Waals surface area contributed by atoms with Crippen molar-refractivity contribution in [1.82, 2.24) is 15.0 Å². The van der Waals surface area contributed by atoms with Gasteiger partial charge in [-0.3, -0.25) is 0 Å². The SMILES string of the molecule is c1ccc(-c2nc(-c3cc4ccccc4c4ccccc34)nc(-c3cccc4oc5c(-c6ccccc6)c6ccccc6cc5c34)n2)cc1. The molecule has 0 unspecified atom stereocenters. The molecule has 10 rings (SSSR count). The molecule has 0 aliphatic rings. The van der Waals surface area contributed by atoms with E-state index in [1.807, 2.05) is 48.5 Å². The van der Waals surface area contributed by atoms with Crippen LogP contribution in [0.4, 0.5) is 0 Å². The Hall–Kier alpha value is -6.65. The van der Waals surface area contributed by atoms with Crippen molar-refractivity contribution in [2.75, 3.05) is 0 Å². The third kappa shape index (κ3) is 4.42. The van der Waals surface area contributed by atoms with Crippen molar-refractivity contribution >= 4 is 54.3 Å². The second-order valence-electron chi connectivity index (χ2n) is 12.4. The maximum absolute atomic E-state index is 6.77. The molecule has 0 saturated heterocycles. The van der Waals surface area contributed by atoms with Gasteiger partial charge in [0.2, 0.25) is 0 Å². The van der Waals surface area contributed by atoms with E-state index in [4.69, 9.17) is 19.4 Å². The van der Waals surface area contributed by atoms with Gasteiger partial charge in [-0.1, -0.05) is 146 Å². The van der Waals surface area contributed by atoms with Gasteiger partial charge in [0.15, 0.2) is 17.5 Å². The van der Waals surface area contributed by atoms with Gasteiger partial charge < -0.3 is 4.42 Å². The second kappa shape index (κ2) is 11.0.